The number of rotatable bonds is 3. The molecule has 1 saturated heterocycles. The van der Waals surface area contributed by atoms with Crippen LogP contribution in [0.15, 0.2) is 46.9 Å². The lowest BCUT2D eigenvalue weighted by Gasteiger charge is -2.43. The summed E-state index contributed by atoms with van der Waals surface area (Å²) >= 11 is 3.47. The summed E-state index contributed by atoms with van der Waals surface area (Å²) in [7, 11) is 0. The van der Waals surface area contributed by atoms with Gasteiger partial charge in [0, 0.05) is 29.0 Å². The van der Waals surface area contributed by atoms with E-state index in [1.54, 1.807) is 6.07 Å². The first-order chi connectivity index (χ1) is 9.59. The highest BCUT2D eigenvalue weighted by atomic mass is 79.9. The van der Waals surface area contributed by atoms with Crippen molar-refractivity contribution in [3.8, 4) is 0 Å². The van der Waals surface area contributed by atoms with E-state index in [1.807, 2.05) is 12.1 Å². The summed E-state index contributed by atoms with van der Waals surface area (Å²) in [6.07, 6.45) is 0.572. The highest BCUT2D eigenvalue weighted by Gasteiger charge is 2.39. The molecule has 0 unspecified atom stereocenters. The van der Waals surface area contributed by atoms with E-state index in [2.05, 4.69) is 33.4 Å². The van der Waals surface area contributed by atoms with Crippen molar-refractivity contribution in [2.45, 2.75) is 11.8 Å². The first-order valence-electron chi connectivity index (χ1n) is 6.50. The minimum absolute atomic E-state index is 0.109. The van der Waals surface area contributed by atoms with Crippen LogP contribution in [0.25, 0.3) is 0 Å². The van der Waals surface area contributed by atoms with Gasteiger partial charge in [0.2, 0.25) is 0 Å². The Hall–Kier alpha value is -1.26. The Morgan fingerprint density at radius 1 is 1.10 bits per heavy atom. The molecule has 1 heterocycles. The molecule has 1 N–H and O–H groups in total. The molecule has 4 heteroatoms. The van der Waals surface area contributed by atoms with Gasteiger partial charge in [0.1, 0.15) is 11.6 Å². The number of hydrogen-bond donors (Lipinski definition) is 1. The van der Waals surface area contributed by atoms with Crippen molar-refractivity contribution in [1.82, 2.24) is 5.32 Å². The molecular formula is C16H14BrF2N. The number of nitrogens with one attached hydrogen (secondary N) is 1. The molecule has 1 nitrogen and oxygen atoms in total. The molecule has 104 valence electrons. The largest absolute Gasteiger partial charge is 0.315 e. The van der Waals surface area contributed by atoms with Gasteiger partial charge in [-0.2, -0.15) is 0 Å². The maximum absolute atomic E-state index is 13.9. The van der Waals surface area contributed by atoms with Crippen molar-refractivity contribution >= 4 is 15.9 Å². The third-order valence-corrected chi connectivity index (χ3v) is 4.40. The Balaban J connectivity index is 1.94. The first kappa shape index (κ1) is 13.7. The van der Waals surface area contributed by atoms with Crippen molar-refractivity contribution in [3.63, 3.8) is 0 Å². The summed E-state index contributed by atoms with van der Waals surface area (Å²) in [5, 5.41) is 3.26. The Kier molecular flexibility index (Phi) is 3.61. The van der Waals surface area contributed by atoms with E-state index in [0.717, 1.165) is 23.6 Å². The highest BCUT2D eigenvalue weighted by molar-refractivity contribution is 9.10. The van der Waals surface area contributed by atoms with Crippen molar-refractivity contribution < 1.29 is 8.78 Å². The molecule has 0 spiro atoms. The smallest absolute Gasteiger partial charge is 0.129 e. The third-order valence-electron chi connectivity index (χ3n) is 3.91. The van der Waals surface area contributed by atoms with Crippen LogP contribution in [0.5, 0.6) is 0 Å². The lowest BCUT2D eigenvalue weighted by Crippen LogP contribution is -2.58. The molecule has 1 aliphatic rings. The Morgan fingerprint density at radius 2 is 1.90 bits per heavy atom. The Morgan fingerprint density at radius 3 is 2.50 bits per heavy atom. The standard InChI is InChI=1S/C16H14BrF2N/c17-13-3-1-2-12(6-13)16(9-20-10-16)8-11-4-5-14(18)7-15(11)19/h1-7,20H,8-10H2. The zero-order valence-corrected chi connectivity index (χ0v) is 12.4. The van der Waals surface area contributed by atoms with E-state index in [-0.39, 0.29) is 5.41 Å². The molecule has 20 heavy (non-hydrogen) atoms. The second-order valence-electron chi connectivity index (χ2n) is 5.31. The fourth-order valence-electron chi connectivity index (χ4n) is 2.71. The molecule has 0 bridgehead atoms. The van der Waals surface area contributed by atoms with E-state index in [0.29, 0.717) is 12.0 Å². The molecule has 1 fully saturated rings. The number of hydrogen-bond acceptors (Lipinski definition) is 1. The van der Waals surface area contributed by atoms with E-state index < -0.39 is 11.6 Å². The zero-order chi connectivity index (χ0) is 14.2. The maximum atomic E-state index is 13.9. The van der Waals surface area contributed by atoms with Crippen LogP contribution in [0.4, 0.5) is 8.78 Å². The number of benzene rings is 2. The van der Waals surface area contributed by atoms with E-state index in [9.17, 15) is 8.78 Å². The van der Waals surface area contributed by atoms with Crippen molar-refractivity contribution in [2.24, 2.45) is 0 Å². The quantitative estimate of drug-likeness (QED) is 0.897. The van der Waals surface area contributed by atoms with Gasteiger partial charge in [-0.3, -0.25) is 0 Å². The molecule has 0 amide bonds. The second kappa shape index (κ2) is 5.26. The summed E-state index contributed by atoms with van der Waals surface area (Å²) in [5.41, 5.74) is 1.63. The lowest BCUT2D eigenvalue weighted by atomic mass is 9.71. The van der Waals surface area contributed by atoms with Crippen LogP contribution >= 0.6 is 15.9 Å². The minimum atomic E-state index is -0.533. The summed E-state index contributed by atoms with van der Waals surface area (Å²) in [5.74, 6) is -0.999. The topological polar surface area (TPSA) is 12.0 Å². The molecule has 0 radical (unpaired) electrons. The SMILES string of the molecule is Fc1ccc(CC2(c3cccc(Br)c3)CNC2)c(F)c1. The predicted molar refractivity (Wildman–Crippen MR) is 78.8 cm³/mol. The first-order valence-corrected chi connectivity index (χ1v) is 7.29. The van der Waals surface area contributed by atoms with Crippen molar-refractivity contribution in [1.29, 1.82) is 0 Å². The minimum Gasteiger partial charge on any atom is -0.315 e. The summed E-state index contributed by atoms with van der Waals surface area (Å²) in [4.78, 5) is 0. The summed E-state index contributed by atoms with van der Waals surface area (Å²) in [6, 6.07) is 11.9. The second-order valence-corrected chi connectivity index (χ2v) is 6.22. The van der Waals surface area contributed by atoms with Crippen LogP contribution in [0, 0.1) is 11.6 Å². The van der Waals surface area contributed by atoms with Crippen LogP contribution in [0.2, 0.25) is 0 Å². The molecule has 0 atom stereocenters. The monoisotopic (exact) mass is 337 g/mol. The van der Waals surface area contributed by atoms with Crippen LogP contribution in [0.1, 0.15) is 11.1 Å². The Labute approximate surface area is 125 Å². The average Bonchev–Trinajstić information content (AvgIpc) is 2.36. The van der Waals surface area contributed by atoms with E-state index in [1.165, 1.54) is 11.6 Å². The van der Waals surface area contributed by atoms with E-state index in [4.69, 9.17) is 0 Å². The van der Waals surface area contributed by atoms with Crippen LogP contribution < -0.4 is 5.32 Å². The van der Waals surface area contributed by atoms with Gasteiger partial charge >= 0.3 is 0 Å². The van der Waals surface area contributed by atoms with Gasteiger partial charge in [0.15, 0.2) is 0 Å². The van der Waals surface area contributed by atoms with Crippen LogP contribution in [0.3, 0.4) is 0 Å². The number of halogens is 3. The Bertz CT molecular complexity index is 638. The summed E-state index contributed by atoms with van der Waals surface area (Å²) < 4.78 is 27.9. The molecule has 1 aliphatic heterocycles. The maximum Gasteiger partial charge on any atom is 0.129 e. The van der Waals surface area contributed by atoms with Gasteiger partial charge in [-0.05, 0) is 35.7 Å². The van der Waals surface area contributed by atoms with Crippen molar-refractivity contribution in [3.05, 3.63) is 69.7 Å². The van der Waals surface area contributed by atoms with Crippen molar-refractivity contribution in [2.75, 3.05) is 13.1 Å². The van der Waals surface area contributed by atoms with Gasteiger partial charge in [0.25, 0.3) is 0 Å². The molecule has 3 rings (SSSR count). The van der Waals surface area contributed by atoms with Gasteiger partial charge in [-0.25, -0.2) is 8.78 Å². The molecule has 0 aliphatic carbocycles. The normalized spacial score (nSPS) is 16.8. The van der Waals surface area contributed by atoms with Gasteiger partial charge in [-0.1, -0.05) is 34.1 Å². The molecule has 0 aromatic heterocycles. The summed E-state index contributed by atoms with van der Waals surface area (Å²) in [6.45, 7) is 1.61. The molecule has 0 saturated carbocycles. The lowest BCUT2D eigenvalue weighted by molar-refractivity contribution is 0.272. The fourth-order valence-corrected chi connectivity index (χ4v) is 3.11. The predicted octanol–water partition coefficient (Wildman–Crippen LogP) is 3.81. The zero-order valence-electron chi connectivity index (χ0n) is 10.8. The fraction of sp³-hybridized carbons (Fsp3) is 0.250. The molecule has 2 aromatic carbocycles. The molecule has 2 aromatic rings. The third kappa shape index (κ3) is 2.50. The van der Waals surface area contributed by atoms with Gasteiger partial charge in [-0.15, -0.1) is 0 Å². The van der Waals surface area contributed by atoms with Gasteiger partial charge in [0.05, 0.1) is 0 Å². The van der Waals surface area contributed by atoms with E-state index >= 15 is 0 Å². The highest BCUT2D eigenvalue weighted by Crippen LogP contribution is 2.34. The molecular weight excluding hydrogens is 324 g/mol. The van der Waals surface area contributed by atoms with Crippen LogP contribution in [-0.4, -0.2) is 13.1 Å². The van der Waals surface area contributed by atoms with Crippen LogP contribution in [-0.2, 0) is 11.8 Å². The average molecular weight is 338 g/mol. The van der Waals surface area contributed by atoms with Gasteiger partial charge < -0.3 is 5.32 Å².